The van der Waals surface area contributed by atoms with Crippen LogP contribution in [0, 0.1) is 0 Å². The average molecular weight is 316 g/mol. The summed E-state index contributed by atoms with van der Waals surface area (Å²) < 4.78 is 44.4. The first-order valence-electron chi connectivity index (χ1n) is 4.43. The second-order valence-electron chi connectivity index (χ2n) is 3.31. The fourth-order valence-corrected chi connectivity index (χ4v) is 1.96. The molecule has 1 aliphatic rings. The van der Waals surface area contributed by atoms with Gasteiger partial charge in [-0.05, 0) is 0 Å². The molecule has 0 aliphatic carbocycles. The molecule has 0 aromatic heterocycles. The van der Waals surface area contributed by atoms with E-state index in [0.717, 1.165) is 7.11 Å². The number of carbonyl (C=O) groups excluding carboxylic acids is 1. The predicted molar refractivity (Wildman–Crippen MR) is 46.1 cm³/mol. The van der Waals surface area contributed by atoms with E-state index in [1.165, 1.54) is 0 Å². The maximum Gasteiger partial charge on any atom is 1.00 e. The average Bonchev–Trinajstić information content (AvgIpc) is 2.18. The SMILES string of the molecule is CO[C@@H]1C(C(=O)[O-])OCC(OS(=O)(=O)[O-])[C@@H]1O.[Na+].[Na+]. The Morgan fingerprint density at radius 2 is 1.95 bits per heavy atom. The van der Waals surface area contributed by atoms with Gasteiger partial charge in [-0.25, -0.2) is 8.42 Å². The van der Waals surface area contributed by atoms with Crippen LogP contribution >= 0.6 is 0 Å². The quantitative estimate of drug-likeness (QED) is 0.303. The van der Waals surface area contributed by atoms with Gasteiger partial charge in [-0.2, -0.15) is 0 Å². The molecule has 9 nitrogen and oxygen atoms in total. The van der Waals surface area contributed by atoms with Gasteiger partial charge >= 0.3 is 59.1 Å². The molecule has 0 spiro atoms. The van der Waals surface area contributed by atoms with E-state index in [4.69, 9.17) is 4.74 Å². The molecule has 0 amide bonds. The molecule has 1 aliphatic heterocycles. The van der Waals surface area contributed by atoms with Gasteiger partial charge in [0.05, 0.1) is 12.6 Å². The summed E-state index contributed by atoms with van der Waals surface area (Å²) in [7, 11) is -3.95. The number of aliphatic carboxylic acids is 1. The van der Waals surface area contributed by atoms with Crippen molar-refractivity contribution in [3.05, 3.63) is 0 Å². The number of rotatable bonds is 4. The molecule has 0 radical (unpaired) electrons. The molecule has 1 rings (SSSR count). The summed E-state index contributed by atoms with van der Waals surface area (Å²) in [5.74, 6) is -1.63. The smallest absolute Gasteiger partial charge is 0.726 e. The van der Waals surface area contributed by atoms with Crippen LogP contribution in [0.3, 0.4) is 0 Å². The van der Waals surface area contributed by atoms with E-state index in [1.807, 2.05) is 0 Å². The van der Waals surface area contributed by atoms with E-state index >= 15 is 0 Å². The first-order valence-corrected chi connectivity index (χ1v) is 5.77. The largest absolute Gasteiger partial charge is 1.00 e. The molecular weight excluding hydrogens is 306 g/mol. The fraction of sp³-hybridized carbons (Fsp3) is 0.857. The van der Waals surface area contributed by atoms with Crippen molar-refractivity contribution in [2.24, 2.45) is 0 Å². The Morgan fingerprint density at radius 3 is 2.32 bits per heavy atom. The Bertz CT molecular complexity index is 386. The van der Waals surface area contributed by atoms with Crippen molar-refractivity contribution in [2.75, 3.05) is 13.7 Å². The number of hydrogen-bond acceptors (Lipinski definition) is 9. The van der Waals surface area contributed by atoms with Crippen LogP contribution in [0.4, 0.5) is 0 Å². The molecule has 1 N–H and O–H groups in total. The van der Waals surface area contributed by atoms with E-state index in [-0.39, 0.29) is 59.1 Å². The number of ether oxygens (including phenoxy) is 2. The third kappa shape index (κ3) is 6.68. The molecule has 0 aromatic rings. The summed E-state index contributed by atoms with van der Waals surface area (Å²) in [6, 6.07) is 0. The Kier molecular flexibility index (Phi) is 11.0. The summed E-state index contributed by atoms with van der Waals surface area (Å²) in [5.41, 5.74) is 0. The summed E-state index contributed by atoms with van der Waals surface area (Å²) in [4.78, 5) is 10.6. The monoisotopic (exact) mass is 316 g/mol. The molecule has 0 bridgehead atoms. The molecule has 1 saturated heterocycles. The van der Waals surface area contributed by atoms with Gasteiger partial charge in [0, 0.05) is 7.11 Å². The Balaban J connectivity index is 0. The zero-order valence-electron chi connectivity index (χ0n) is 10.6. The molecular formula is C7H10Na2O9S. The van der Waals surface area contributed by atoms with Crippen LogP contribution in [0.15, 0.2) is 0 Å². The van der Waals surface area contributed by atoms with Crippen molar-refractivity contribution in [3.8, 4) is 0 Å². The Hall–Kier alpha value is 1.22. The van der Waals surface area contributed by atoms with E-state index in [9.17, 15) is 28.0 Å². The van der Waals surface area contributed by atoms with Crippen LogP contribution in [0.25, 0.3) is 0 Å². The normalized spacial score (nSPS) is 30.9. The number of aliphatic hydroxyl groups is 1. The Morgan fingerprint density at radius 1 is 1.42 bits per heavy atom. The maximum absolute atomic E-state index is 10.6. The van der Waals surface area contributed by atoms with Crippen molar-refractivity contribution in [2.45, 2.75) is 24.4 Å². The molecule has 4 atom stereocenters. The van der Waals surface area contributed by atoms with E-state index < -0.39 is 47.4 Å². The molecule has 0 aromatic carbocycles. The van der Waals surface area contributed by atoms with Crippen LogP contribution in [-0.4, -0.2) is 62.2 Å². The summed E-state index contributed by atoms with van der Waals surface area (Å²) in [6.45, 7) is -0.582. The topological polar surface area (TPSA) is 145 Å². The summed E-state index contributed by atoms with van der Waals surface area (Å²) in [5, 5.41) is 20.2. The van der Waals surface area contributed by atoms with Crippen LogP contribution in [0.2, 0.25) is 0 Å². The third-order valence-corrected chi connectivity index (χ3v) is 2.68. The number of aliphatic hydroxyl groups excluding tert-OH is 1. The van der Waals surface area contributed by atoms with Crippen molar-refractivity contribution >= 4 is 16.4 Å². The number of carboxylic acids is 1. The number of carboxylic acid groups (broad SMARTS) is 1. The van der Waals surface area contributed by atoms with Gasteiger partial charge in [0.25, 0.3) is 0 Å². The molecule has 12 heteroatoms. The van der Waals surface area contributed by atoms with Crippen molar-refractivity contribution in [1.29, 1.82) is 0 Å². The molecule has 0 saturated carbocycles. The van der Waals surface area contributed by atoms with E-state index in [1.54, 1.807) is 0 Å². The molecule has 1 heterocycles. The van der Waals surface area contributed by atoms with Crippen molar-refractivity contribution < 1.29 is 101 Å². The summed E-state index contributed by atoms with van der Waals surface area (Å²) >= 11 is 0. The minimum absolute atomic E-state index is 0. The van der Waals surface area contributed by atoms with Crippen LogP contribution in [-0.2, 0) is 28.9 Å². The zero-order chi connectivity index (χ0) is 13.2. The van der Waals surface area contributed by atoms with Gasteiger partial charge in [0.15, 0.2) is 0 Å². The minimum atomic E-state index is -5.03. The molecule has 100 valence electrons. The summed E-state index contributed by atoms with van der Waals surface area (Å²) in [6.07, 6.45) is -6.11. The Labute approximate surface area is 154 Å². The predicted octanol–water partition coefficient (Wildman–Crippen LogP) is -9.64. The zero-order valence-corrected chi connectivity index (χ0v) is 15.5. The van der Waals surface area contributed by atoms with Gasteiger partial charge in [-0.3, -0.25) is 4.18 Å². The fourth-order valence-electron chi connectivity index (χ4n) is 1.48. The first kappa shape index (κ1) is 22.5. The van der Waals surface area contributed by atoms with Crippen LogP contribution < -0.4 is 64.2 Å². The second-order valence-corrected chi connectivity index (χ2v) is 4.32. The second kappa shape index (κ2) is 9.28. The van der Waals surface area contributed by atoms with Crippen LogP contribution in [0.1, 0.15) is 0 Å². The maximum atomic E-state index is 10.6. The molecule has 19 heavy (non-hydrogen) atoms. The standard InChI is InChI=1S/C7H12O9S.2Na/c1-14-5-4(8)3(16-17(11,12)13)2-15-6(5)7(9)10;;/h3-6,8H,2H2,1H3,(H,9,10)(H,11,12,13);;/q;2*+1/p-2/t3?,4-,5-,6?;;/m0../s1. The van der Waals surface area contributed by atoms with E-state index in [0.29, 0.717) is 0 Å². The third-order valence-electron chi connectivity index (χ3n) is 2.20. The van der Waals surface area contributed by atoms with Gasteiger partial charge in [-0.15, -0.1) is 0 Å². The van der Waals surface area contributed by atoms with Gasteiger partial charge in [0.2, 0.25) is 10.4 Å². The molecule has 2 unspecified atom stereocenters. The van der Waals surface area contributed by atoms with Gasteiger partial charge in [0.1, 0.15) is 24.4 Å². The van der Waals surface area contributed by atoms with Gasteiger partial charge < -0.3 is 29.0 Å². The first-order chi connectivity index (χ1) is 7.76. The van der Waals surface area contributed by atoms with Crippen molar-refractivity contribution in [1.82, 2.24) is 0 Å². The minimum Gasteiger partial charge on any atom is -0.726 e. The van der Waals surface area contributed by atoms with Gasteiger partial charge in [-0.1, -0.05) is 0 Å². The number of methoxy groups -OCH3 is 1. The van der Waals surface area contributed by atoms with Crippen molar-refractivity contribution in [3.63, 3.8) is 0 Å². The van der Waals surface area contributed by atoms with Crippen LogP contribution in [0.5, 0.6) is 0 Å². The van der Waals surface area contributed by atoms with E-state index in [2.05, 4.69) is 8.92 Å². The number of hydrogen-bond donors (Lipinski definition) is 1. The molecule has 1 fully saturated rings. The number of carbonyl (C=O) groups is 1.